The van der Waals surface area contributed by atoms with Crippen LogP contribution in [-0.2, 0) is 11.4 Å². The fourth-order valence-corrected chi connectivity index (χ4v) is 3.44. The zero-order chi connectivity index (χ0) is 20.3. The average molecular weight is 398 g/mol. The summed E-state index contributed by atoms with van der Waals surface area (Å²) in [6, 6.07) is 15.1. The fourth-order valence-electron chi connectivity index (χ4n) is 3.18. The van der Waals surface area contributed by atoms with Crippen molar-refractivity contribution in [1.29, 1.82) is 0 Å². The molecule has 2 aromatic carbocycles. The number of thiocarbonyl (C=S) groups is 1. The minimum Gasteiger partial charge on any atom is -0.493 e. The van der Waals surface area contributed by atoms with Crippen molar-refractivity contribution in [2.45, 2.75) is 26.5 Å². The monoisotopic (exact) mass is 397 g/mol. The largest absolute Gasteiger partial charge is 0.493 e. The molecule has 1 heterocycles. The maximum Gasteiger partial charge on any atom is 0.188 e. The SMILES string of the molecule is COc1cc([C@@H]2NC(=S)N(N)C(C)=C2C(C)=O)ccc1OCc1ccccc1. The van der Waals surface area contributed by atoms with Gasteiger partial charge < -0.3 is 14.8 Å². The Hall–Kier alpha value is -2.90. The number of methoxy groups -OCH3 is 1. The van der Waals surface area contributed by atoms with Crippen molar-refractivity contribution >= 4 is 23.1 Å². The normalized spacial score (nSPS) is 16.6. The van der Waals surface area contributed by atoms with Crippen molar-refractivity contribution in [3.63, 3.8) is 0 Å². The second-order valence-electron chi connectivity index (χ2n) is 6.49. The molecule has 0 bridgehead atoms. The van der Waals surface area contributed by atoms with Crippen LogP contribution in [0.25, 0.3) is 0 Å². The molecule has 0 aromatic heterocycles. The maximum atomic E-state index is 12.2. The van der Waals surface area contributed by atoms with Gasteiger partial charge in [-0.3, -0.25) is 9.80 Å². The van der Waals surface area contributed by atoms with Gasteiger partial charge in [0.1, 0.15) is 6.61 Å². The lowest BCUT2D eigenvalue weighted by Gasteiger charge is -2.35. The Kier molecular flexibility index (Phi) is 5.96. The molecule has 0 radical (unpaired) electrons. The van der Waals surface area contributed by atoms with Crippen LogP contribution < -0.4 is 20.6 Å². The van der Waals surface area contributed by atoms with Crippen molar-refractivity contribution in [2.75, 3.05) is 7.11 Å². The summed E-state index contributed by atoms with van der Waals surface area (Å²) in [5, 5.41) is 4.80. The molecule has 146 valence electrons. The van der Waals surface area contributed by atoms with E-state index in [4.69, 9.17) is 27.5 Å². The molecule has 6 nitrogen and oxygen atoms in total. The van der Waals surface area contributed by atoms with Gasteiger partial charge in [-0.2, -0.15) is 0 Å². The van der Waals surface area contributed by atoms with Gasteiger partial charge in [-0.1, -0.05) is 36.4 Å². The lowest BCUT2D eigenvalue weighted by molar-refractivity contribution is -0.114. The van der Waals surface area contributed by atoms with Crippen LogP contribution in [0.15, 0.2) is 59.8 Å². The van der Waals surface area contributed by atoms with Crippen molar-refractivity contribution in [1.82, 2.24) is 10.3 Å². The first-order chi connectivity index (χ1) is 13.4. The van der Waals surface area contributed by atoms with Crippen LogP contribution in [0.5, 0.6) is 11.5 Å². The molecule has 0 fully saturated rings. The molecule has 2 aromatic rings. The van der Waals surface area contributed by atoms with Gasteiger partial charge in [0.2, 0.25) is 0 Å². The van der Waals surface area contributed by atoms with E-state index in [1.165, 1.54) is 11.9 Å². The van der Waals surface area contributed by atoms with E-state index in [-0.39, 0.29) is 5.78 Å². The number of hydrogen-bond acceptors (Lipinski definition) is 5. The third-order valence-electron chi connectivity index (χ3n) is 4.66. The second-order valence-corrected chi connectivity index (χ2v) is 6.88. The third kappa shape index (κ3) is 4.00. The lowest BCUT2D eigenvalue weighted by atomic mass is 9.92. The predicted molar refractivity (Wildman–Crippen MR) is 112 cm³/mol. The Morgan fingerprint density at radius 1 is 1.21 bits per heavy atom. The van der Waals surface area contributed by atoms with Crippen molar-refractivity contribution in [2.24, 2.45) is 5.84 Å². The number of nitrogens with zero attached hydrogens (tertiary/aromatic N) is 1. The third-order valence-corrected chi connectivity index (χ3v) is 4.98. The highest BCUT2D eigenvalue weighted by atomic mass is 32.1. The first-order valence-corrected chi connectivity index (χ1v) is 9.25. The Balaban J connectivity index is 1.90. The Morgan fingerprint density at radius 2 is 1.93 bits per heavy atom. The molecule has 0 amide bonds. The highest BCUT2D eigenvalue weighted by Crippen LogP contribution is 2.35. The van der Waals surface area contributed by atoms with Crippen LogP contribution in [0.2, 0.25) is 0 Å². The van der Waals surface area contributed by atoms with Gasteiger partial charge in [-0.15, -0.1) is 0 Å². The van der Waals surface area contributed by atoms with Crippen LogP contribution in [0.4, 0.5) is 0 Å². The van der Waals surface area contributed by atoms with E-state index in [0.717, 1.165) is 11.1 Å². The van der Waals surface area contributed by atoms with Crippen LogP contribution in [0.1, 0.15) is 31.0 Å². The first kappa shape index (κ1) is 19.9. The number of carbonyl (C=O) groups is 1. The van der Waals surface area contributed by atoms with Gasteiger partial charge in [-0.25, -0.2) is 5.84 Å². The summed E-state index contributed by atoms with van der Waals surface area (Å²) in [5.74, 6) is 7.07. The molecule has 3 N–H and O–H groups in total. The van der Waals surface area contributed by atoms with Crippen LogP contribution >= 0.6 is 12.2 Å². The topological polar surface area (TPSA) is 76.8 Å². The fraction of sp³-hybridized carbons (Fsp3) is 0.238. The van der Waals surface area contributed by atoms with Crippen LogP contribution in [0.3, 0.4) is 0 Å². The van der Waals surface area contributed by atoms with Gasteiger partial charge >= 0.3 is 0 Å². The molecule has 0 saturated carbocycles. The predicted octanol–water partition coefficient (Wildman–Crippen LogP) is 3.24. The number of carbonyl (C=O) groups excluding carboxylic acids is 1. The van der Waals surface area contributed by atoms with Crippen molar-refractivity contribution < 1.29 is 14.3 Å². The van der Waals surface area contributed by atoms with E-state index in [9.17, 15) is 4.79 Å². The summed E-state index contributed by atoms with van der Waals surface area (Å²) in [4.78, 5) is 12.2. The smallest absolute Gasteiger partial charge is 0.188 e. The van der Waals surface area contributed by atoms with E-state index >= 15 is 0 Å². The molecule has 0 spiro atoms. The molecule has 0 aliphatic carbocycles. The van der Waals surface area contributed by atoms with E-state index in [2.05, 4.69) is 5.32 Å². The number of nitrogens with one attached hydrogen (secondary N) is 1. The molecular weight excluding hydrogens is 374 g/mol. The summed E-state index contributed by atoms with van der Waals surface area (Å²) in [6.07, 6.45) is 0. The van der Waals surface area contributed by atoms with Gasteiger partial charge in [0.15, 0.2) is 22.4 Å². The van der Waals surface area contributed by atoms with E-state index in [1.54, 1.807) is 14.0 Å². The molecular formula is C21H23N3O3S. The van der Waals surface area contributed by atoms with Crippen molar-refractivity contribution in [3.8, 4) is 11.5 Å². The summed E-state index contributed by atoms with van der Waals surface area (Å²) in [7, 11) is 1.59. The van der Waals surface area contributed by atoms with Gasteiger partial charge in [0.25, 0.3) is 0 Å². The molecule has 28 heavy (non-hydrogen) atoms. The zero-order valence-corrected chi connectivity index (χ0v) is 16.9. The number of hydrazine groups is 1. The number of rotatable bonds is 6. The number of nitrogens with two attached hydrogens (primary N) is 1. The molecule has 1 atom stereocenters. The Bertz CT molecular complexity index is 928. The number of allylic oxidation sites excluding steroid dienone is 1. The minimum atomic E-state index is -0.401. The Labute approximate surface area is 169 Å². The molecule has 1 aliphatic rings. The van der Waals surface area contributed by atoms with Gasteiger partial charge in [0.05, 0.1) is 13.2 Å². The summed E-state index contributed by atoms with van der Waals surface area (Å²) in [6.45, 7) is 3.73. The molecule has 7 heteroatoms. The highest BCUT2D eigenvalue weighted by Gasteiger charge is 2.31. The highest BCUT2D eigenvalue weighted by molar-refractivity contribution is 7.80. The number of Topliss-reactive ketones (excluding diaryl/α,β-unsaturated/α-hetero) is 1. The number of ether oxygens (including phenoxy) is 2. The average Bonchev–Trinajstić information content (AvgIpc) is 2.70. The quantitative estimate of drug-likeness (QED) is 0.572. The standard InChI is InChI=1S/C21H23N3O3S/c1-13-19(14(2)25)20(23-21(28)24(13)22)16-9-10-17(18(11-16)26-3)27-12-15-7-5-4-6-8-15/h4-11,20H,12,22H2,1-3H3,(H,23,28)/t20-/m0/s1. The summed E-state index contributed by atoms with van der Waals surface area (Å²) in [5.41, 5.74) is 3.10. The number of hydrogen-bond donors (Lipinski definition) is 2. The molecule has 0 unspecified atom stereocenters. The first-order valence-electron chi connectivity index (χ1n) is 8.84. The minimum absolute atomic E-state index is 0.0729. The van der Waals surface area contributed by atoms with Crippen molar-refractivity contribution in [3.05, 3.63) is 70.9 Å². The molecule has 1 aliphatic heterocycles. The molecule has 3 rings (SSSR count). The molecule has 0 saturated heterocycles. The summed E-state index contributed by atoms with van der Waals surface area (Å²) < 4.78 is 11.4. The summed E-state index contributed by atoms with van der Waals surface area (Å²) >= 11 is 5.29. The Morgan fingerprint density at radius 3 is 2.57 bits per heavy atom. The van der Waals surface area contributed by atoms with Gasteiger partial charge in [0, 0.05) is 11.3 Å². The number of benzene rings is 2. The zero-order valence-electron chi connectivity index (χ0n) is 16.1. The second kappa shape index (κ2) is 8.41. The van der Waals surface area contributed by atoms with Gasteiger partial charge in [-0.05, 0) is 49.3 Å². The lowest BCUT2D eigenvalue weighted by Crippen LogP contribution is -2.50. The maximum absolute atomic E-state index is 12.2. The van der Waals surface area contributed by atoms with E-state index in [1.807, 2.05) is 48.5 Å². The van der Waals surface area contributed by atoms with Crippen LogP contribution in [-0.4, -0.2) is 23.0 Å². The van der Waals surface area contributed by atoms with E-state index < -0.39 is 6.04 Å². The van der Waals surface area contributed by atoms with Crippen LogP contribution in [0, 0.1) is 0 Å². The van der Waals surface area contributed by atoms with E-state index in [0.29, 0.717) is 34.5 Å². The number of ketones is 1.